The summed E-state index contributed by atoms with van der Waals surface area (Å²) in [6, 6.07) is 5.37. The number of nitrogens with zero attached hydrogens (tertiary/aromatic N) is 2. The molecule has 0 spiro atoms. The fourth-order valence-electron chi connectivity index (χ4n) is 1.70. The van der Waals surface area contributed by atoms with Gasteiger partial charge in [0.2, 0.25) is 16.9 Å². The lowest BCUT2D eigenvalue weighted by Crippen LogP contribution is -2.33. The van der Waals surface area contributed by atoms with Gasteiger partial charge in [0.1, 0.15) is 5.82 Å². The number of thioether (sulfide) groups is 1. The van der Waals surface area contributed by atoms with Crippen LogP contribution in [0.4, 0.5) is 15.2 Å². The highest BCUT2D eigenvalue weighted by atomic mass is 32.2. The Bertz CT molecular complexity index is 726. The van der Waals surface area contributed by atoms with Crippen molar-refractivity contribution in [3.8, 4) is 0 Å². The van der Waals surface area contributed by atoms with E-state index in [2.05, 4.69) is 26.1 Å². The van der Waals surface area contributed by atoms with Gasteiger partial charge in [-0.1, -0.05) is 23.1 Å². The Morgan fingerprint density at radius 1 is 1.23 bits per heavy atom. The summed E-state index contributed by atoms with van der Waals surface area (Å²) in [6.07, 6.45) is 0. The topological polar surface area (TPSA) is 105 Å². The second-order valence-electron chi connectivity index (χ2n) is 4.91. The van der Waals surface area contributed by atoms with Crippen molar-refractivity contribution in [2.24, 2.45) is 0 Å². The Labute approximate surface area is 157 Å². The standard InChI is InChI=1S/C15H18FN5O3S2/c1-24-7-6-17-14-20-21-15(26-14)25-9-13(23)18-8-12(22)19-11-4-2-10(16)3-5-11/h2-5H,6-9H2,1H3,(H,17,20)(H,18,23)(H,19,22). The molecule has 0 saturated carbocycles. The van der Waals surface area contributed by atoms with E-state index in [1.165, 1.54) is 47.4 Å². The SMILES string of the molecule is COCCNc1nnc(SCC(=O)NCC(=O)Nc2ccc(F)cc2)s1. The van der Waals surface area contributed by atoms with Gasteiger partial charge in [-0.2, -0.15) is 0 Å². The lowest BCUT2D eigenvalue weighted by molar-refractivity contribution is -0.122. The molecule has 8 nitrogen and oxygen atoms in total. The van der Waals surface area contributed by atoms with Crippen molar-refractivity contribution in [1.29, 1.82) is 0 Å². The van der Waals surface area contributed by atoms with Crippen LogP contribution in [-0.2, 0) is 14.3 Å². The highest BCUT2D eigenvalue weighted by molar-refractivity contribution is 8.01. The maximum Gasteiger partial charge on any atom is 0.243 e. The predicted molar refractivity (Wildman–Crippen MR) is 99.0 cm³/mol. The second-order valence-corrected chi connectivity index (χ2v) is 7.11. The predicted octanol–water partition coefficient (Wildman–Crippen LogP) is 1.58. The van der Waals surface area contributed by atoms with E-state index in [1.807, 2.05) is 0 Å². The fourth-order valence-corrected chi connectivity index (χ4v) is 3.30. The minimum absolute atomic E-state index is 0.122. The second kappa shape index (κ2) is 10.7. The molecule has 1 aromatic heterocycles. The number of amides is 2. The zero-order valence-corrected chi connectivity index (χ0v) is 15.6. The normalized spacial score (nSPS) is 10.4. The van der Waals surface area contributed by atoms with Crippen LogP contribution in [0, 0.1) is 5.82 Å². The quantitative estimate of drug-likeness (QED) is 0.411. The first-order chi connectivity index (χ1) is 12.6. The maximum absolute atomic E-state index is 12.8. The van der Waals surface area contributed by atoms with Gasteiger partial charge in [-0.3, -0.25) is 9.59 Å². The number of rotatable bonds is 10. The van der Waals surface area contributed by atoms with E-state index in [4.69, 9.17) is 4.74 Å². The van der Waals surface area contributed by atoms with Gasteiger partial charge < -0.3 is 20.7 Å². The van der Waals surface area contributed by atoms with Crippen molar-refractivity contribution in [2.45, 2.75) is 4.34 Å². The van der Waals surface area contributed by atoms with Crippen molar-refractivity contribution in [3.05, 3.63) is 30.1 Å². The summed E-state index contributed by atoms with van der Waals surface area (Å²) in [4.78, 5) is 23.5. The zero-order valence-electron chi connectivity index (χ0n) is 14.0. The molecule has 0 aliphatic heterocycles. The average molecular weight is 399 g/mol. The lowest BCUT2D eigenvalue weighted by Gasteiger charge is -2.06. The van der Waals surface area contributed by atoms with Crippen LogP contribution in [0.1, 0.15) is 0 Å². The van der Waals surface area contributed by atoms with Gasteiger partial charge in [0.05, 0.1) is 18.9 Å². The van der Waals surface area contributed by atoms with Gasteiger partial charge in [-0.05, 0) is 24.3 Å². The molecule has 2 amide bonds. The van der Waals surface area contributed by atoms with Crippen LogP contribution in [-0.4, -0.2) is 54.6 Å². The van der Waals surface area contributed by atoms with E-state index in [-0.39, 0.29) is 24.0 Å². The van der Waals surface area contributed by atoms with Crippen molar-refractivity contribution in [2.75, 3.05) is 43.2 Å². The summed E-state index contributed by atoms with van der Waals surface area (Å²) in [5, 5.41) is 16.7. The van der Waals surface area contributed by atoms with Gasteiger partial charge in [-0.25, -0.2) is 4.39 Å². The largest absolute Gasteiger partial charge is 0.383 e. The Morgan fingerprint density at radius 3 is 2.73 bits per heavy atom. The first kappa shape index (κ1) is 20.1. The number of methoxy groups -OCH3 is 1. The van der Waals surface area contributed by atoms with Crippen LogP contribution in [0.15, 0.2) is 28.6 Å². The molecule has 0 fully saturated rings. The Balaban J connectivity index is 1.65. The molecule has 0 atom stereocenters. The van der Waals surface area contributed by atoms with Gasteiger partial charge >= 0.3 is 0 Å². The van der Waals surface area contributed by atoms with E-state index in [1.54, 1.807) is 7.11 Å². The highest BCUT2D eigenvalue weighted by Crippen LogP contribution is 2.24. The van der Waals surface area contributed by atoms with Gasteiger partial charge in [-0.15, -0.1) is 10.2 Å². The molecular formula is C15H18FN5O3S2. The Kier molecular flexibility index (Phi) is 8.25. The first-order valence-corrected chi connectivity index (χ1v) is 9.38. The molecule has 1 heterocycles. The van der Waals surface area contributed by atoms with E-state index in [0.29, 0.717) is 28.3 Å². The number of nitrogens with one attached hydrogen (secondary N) is 3. The monoisotopic (exact) mass is 399 g/mol. The first-order valence-electron chi connectivity index (χ1n) is 7.58. The molecule has 0 aliphatic carbocycles. The molecule has 1 aromatic carbocycles. The molecule has 3 N–H and O–H groups in total. The lowest BCUT2D eigenvalue weighted by atomic mass is 10.3. The van der Waals surface area contributed by atoms with E-state index in [9.17, 15) is 14.0 Å². The number of benzene rings is 1. The minimum Gasteiger partial charge on any atom is -0.383 e. The molecule has 0 unspecified atom stereocenters. The molecule has 2 aromatic rings. The van der Waals surface area contributed by atoms with Crippen molar-refractivity contribution < 1.29 is 18.7 Å². The Morgan fingerprint density at radius 2 is 2.00 bits per heavy atom. The summed E-state index contributed by atoms with van der Waals surface area (Å²) in [6.45, 7) is 1.01. The van der Waals surface area contributed by atoms with Gasteiger partial charge in [0, 0.05) is 19.3 Å². The molecule has 2 rings (SSSR count). The number of aromatic nitrogens is 2. The zero-order chi connectivity index (χ0) is 18.8. The number of ether oxygens (including phenoxy) is 1. The van der Waals surface area contributed by atoms with E-state index < -0.39 is 5.91 Å². The van der Waals surface area contributed by atoms with Crippen molar-refractivity contribution in [1.82, 2.24) is 15.5 Å². The number of carbonyl (C=O) groups excluding carboxylic acids is 2. The van der Waals surface area contributed by atoms with Crippen LogP contribution in [0.2, 0.25) is 0 Å². The van der Waals surface area contributed by atoms with Crippen LogP contribution in [0.5, 0.6) is 0 Å². The Hall–Kier alpha value is -2.24. The minimum atomic E-state index is -0.393. The van der Waals surface area contributed by atoms with E-state index >= 15 is 0 Å². The average Bonchev–Trinajstić information content (AvgIpc) is 3.08. The van der Waals surface area contributed by atoms with Crippen LogP contribution >= 0.6 is 23.1 Å². The number of hydrogen-bond acceptors (Lipinski definition) is 8. The third kappa shape index (κ3) is 7.33. The van der Waals surface area contributed by atoms with Gasteiger partial charge in [0.15, 0.2) is 4.34 Å². The number of hydrogen-bond donors (Lipinski definition) is 3. The van der Waals surface area contributed by atoms with Crippen LogP contribution in [0.25, 0.3) is 0 Å². The fraction of sp³-hybridized carbons (Fsp3) is 0.333. The molecule has 26 heavy (non-hydrogen) atoms. The maximum atomic E-state index is 12.8. The van der Waals surface area contributed by atoms with Crippen molar-refractivity contribution in [3.63, 3.8) is 0 Å². The number of carbonyl (C=O) groups is 2. The summed E-state index contributed by atoms with van der Waals surface area (Å²) in [5.41, 5.74) is 0.461. The number of halogens is 1. The summed E-state index contributed by atoms with van der Waals surface area (Å²) >= 11 is 2.57. The molecule has 0 bridgehead atoms. The van der Waals surface area contributed by atoms with Gasteiger partial charge in [0.25, 0.3) is 0 Å². The van der Waals surface area contributed by atoms with E-state index in [0.717, 1.165) is 0 Å². The highest BCUT2D eigenvalue weighted by Gasteiger charge is 2.10. The molecular weight excluding hydrogens is 381 g/mol. The third-order valence-electron chi connectivity index (χ3n) is 2.89. The molecule has 0 saturated heterocycles. The van der Waals surface area contributed by atoms with Crippen molar-refractivity contribution >= 4 is 45.7 Å². The number of anilines is 2. The van der Waals surface area contributed by atoms with Crippen LogP contribution < -0.4 is 16.0 Å². The molecule has 140 valence electrons. The summed E-state index contributed by atoms with van der Waals surface area (Å²) in [7, 11) is 1.61. The third-order valence-corrected chi connectivity index (χ3v) is 4.90. The summed E-state index contributed by atoms with van der Waals surface area (Å²) < 4.78 is 18.4. The molecule has 0 aliphatic rings. The molecule has 11 heteroatoms. The smallest absolute Gasteiger partial charge is 0.243 e. The summed E-state index contributed by atoms with van der Waals surface area (Å²) in [5.74, 6) is -0.956. The van der Waals surface area contributed by atoms with Crippen LogP contribution in [0.3, 0.4) is 0 Å². The molecule has 0 radical (unpaired) electrons.